The molecule has 0 unspecified atom stereocenters. The quantitative estimate of drug-likeness (QED) is 0.390. The van der Waals surface area contributed by atoms with Crippen LogP contribution in [-0.2, 0) is 24.2 Å². The van der Waals surface area contributed by atoms with Gasteiger partial charge in [-0.2, -0.15) is 0 Å². The number of hydrogen-bond acceptors (Lipinski definition) is 5. The summed E-state index contributed by atoms with van der Waals surface area (Å²) in [4.78, 5) is 24.9. The highest BCUT2D eigenvalue weighted by molar-refractivity contribution is 5.99. The van der Waals surface area contributed by atoms with Crippen LogP contribution < -0.4 is 9.47 Å². The molecule has 3 aromatic rings. The molecule has 0 saturated carbocycles. The van der Waals surface area contributed by atoms with Crippen LogP contribution in [0.3, 0.4) is 0 Å². The molecular formula is C26H24O5. The van der Waals surface area contributed by atoms with E-state index >= 15 is 0 Å². The lowest BCUT2D eigenvalue weighted by Crippen LogP contribution is -2.14. The molecule has 0 radical (unpaired) electrons. The van der Waals surface area contributed by atoms with Gasteiger partial charge in [0.1, 0.15) is 6.61 Å². The van der Waals surface area contributed by atoms with Crippen LogP contribution in [0.2, 0.25) is 0 Å². The molecule has 0 fully saturated rings. The Morgan fingerprint density at radius 3 is 2.42 bits per heavy atom. The third-order valence-corrected chi connectivity index (χ3v) is 5.39. The molecule has 5 heteroatoms. The van der Waals surface area contributed by atoms with Gasteiger partial charge in [-0.3, -0.25) is 4.79 Å². The second kappa shape index (κ2) is 9.47. The molecular weight excluding hydrogens is 392 g/mol. The molecule has 4 rings (SSSR count). The maximum atomic E-state index is 12.5. The summed E-state index contributed by atoms with van der Waals surface area (Å²) in [5.74, 6) is 0.160. The van der Waals surface area contributed by atoms with Crippen molar-refractivity contribution in [2.75, 3.05) is 13.7 Å². The summed E-state index contributed by atoms with van der Waals surface area (Å²) in [5, 5.41) is 0. The molecule has 0 amide bonds. The number of ketones is 1. The number of ether oxygens (including phenoxy) is 3. The van der Waals surface area contributed by atoms with Crippen LogP contribution in [0, 0.1) is 0 Å². The second-order valence-corrected chi connectivity index (χ2v) is 7.48. The van der Waals surface area contributed by atoms with E-state index in [1.54, 1.807) is 18.2 Å². The van der Waals surface area contributed by atoms with Crippen LogP contribution in [0.1, 0.15) is 43.8 Å². The first-order valence-corrected chi connectivity index (χ1v) is 10.3. The minimum absolute atomic E-state index is 0.210. The Labute approximate surface area is 181 Å². The molecule has 1 aliphatic rings. The van der Waals surface area contributed by atoms with Crippen molar-refractivity contribution in [2.45, 2.75) is 25.9 Å². The lowest BCUT2D eigenvalue weighted by Gasteiger charge is -2.12. The van der Waals surface area contributed by atoms with Crippen molar-refractivity contribution in [1.29, 1.82) is 0 Å². The maximum Gasteiger partial charge on any atom is 0.338 e. The maximum absolute atomic E-state index is 12.5. The summed E-state index contributed by atoms with van der Waals surface area (Å²) in [6, 6.07) is 20.3. The van der Waals surface area contributed by atoms with Crippen LogP contribution in [-0.4, -0.2) is 25.5 Å². The molecule has 0 spiro atoms. The van der Waals surface area contributed by atoms with Crippen LogP contribution >= 0.6 is 0 Å². The van der Waals surface area contributed by atoms with Crippen molar-refractivity contribution in [3.05, 3.63) is 94.5 Å². The number of esters is 1. The minimum Gasteiger partial charge on any atom is -0.493 e. The predicted molar refractivity (Wildman–Crippen MR) is 117 cm³/mol. The third-order valence-electron chi connectivity index (χ3n) is 5.39. The number of hydrogen-bond donors (Lipinski definition) is 0. The Morgan fingerprint density at radius 1 is 0.839 bits per heavy atom. The first-order chi connectivity index (χ1) is 15.1. The summed E-state index contributed by atoms with van der Waals surface area (Å²) in [5.41, 5.74) is 4.42. The van der Waals surface area contributed by atoms with E-state index in [0.29, 0.717) is 29.2 Å². The van der Waals surface area contributed by atoms with Crippen LogP contribution in [0.5, 0.6) is 11.5 Å². The van der Waals surface area contributed by atoms with E-state index in [1.165, 1.54) is 18.2 Å². The van der Waals surface area contributed by atoms with Gasteiger partial charge in [-0.15, -0.1) is 0 Å². The number of fused-ring (bicyclic) bond motifs is 1. The molecule has 0 bridgehead atoms. The molecule has 31 heavy (non-hydrogen) atoms. The first-order valence-electron chi connectivity index (χ1n) is 10.3. The fourth-order valence-electron chi connectivity index (χ4n) is 3.69. The number of carbonyl (C=O) groups is 2. The summed E-state index contributed by atoms with van der Waals surface area (Å²) in [7, 11) is 1.51. The largest absolute Gasteiger partial charge is 0.493 e. The van der Waals surface area contributed by atoms with Gasteiger partial charge in [0.2, 0.25) is 0 Å². The van der Waals surface area contributed by atoms with Crippen molar-refractivity contribution in [1.82, 2.24) is 0 Å². The topological polar surface area (TPSA) is 61.8 Å². The van der Waals surface area contributed by atoms with Gasteiger partial charge >= 0.3 is 5.97 Å². The molecule has 0 N–H and O–H groups in total. The average Bonchev–Trinajstić information content (AvgIpc) is 3.29. The van der Waals surface area contributed by atoms with E-state index < -0.39 is 5.97 Å². The number of rotatable bonds is 8. The molecule has 158 valence electrons. The Bertz CT molecular complexity index is 1090. The number of aryl methyl sites for hydroxylation is 2. The standard InChI is InChI=1S/C26H24O5/c1-29-25-15-22(12-13-24(25)30-16-18-6-3-2-4-7-18)26(28)31-17-23(27)21-11-10-19-8-5-9-20(19)14-21/h2-4,6-7,10-15H,5,8-9,16-17H2,1H3. The summed E-state index contributed by atoms with van der Waals surface area (Å²) >= 11 is 0. The van der Waals surface area contributed by atoms with Crippen molar-refractivity contribution in [3.8, 4) is 11.5 Å². The van der Waals surface area contributed by atoms with Crippen LogP contribution in [0.25, 0.3) is 0 Å². The third kappa shape index (κ3) is 4.94. The van der Waals surface area contributed by atoms with Gasteiger partial charge in [0, 0.05) is 5.56 Å². The van der Waals surface area contributed by atoms with Gasteiger partial charge in [-0.05, 0) is 60.2 Å². The minimum atomic E-state index is -0.581. The lowest BCUT2D eigenvalue weighted by atomic mass is 10.0. The fourth-order valence-corrected chi connectivity index (χ4v) is 3.69. The van der Waals surface area contributed by atoms with Gasteiger partial charge in [-0.1, -0.05) is 42.5 Å². The van der Waals surface area contributed by atoms with E-state index in [0.717, 1.165) is 24.8 Å². The summed E-state index contributed by atoms with van der Waals surface area (Å²) in [6.45, 7) is 0.0858. The molecule has 0 saturated heterocycles. The van der Waals surface area contributed by atoms with Crippen molar-refractivity contribution in [2.24, 2.45) is 0 Å². The predicted octanol–water partition coefficient (Wildman–Crippen LogP) is 4.80. The van der Waals surface area contributed by atoms with E-state index in [4.69, 9.17) is 14.2 Å². The number of carbonyl (C=O) groups excluding carboxylic acids is 2. The van der Waals surface area contributed by atoms with Gasteiger partial charge < -0.3 is 14.2 Å². The zero-order chi connectivity index (χ0) is 21.6. The van der Waals surface area contributed by atoms with E-state index in [2.05, 4.69) is 0 Å². The van der Waals surface area contributed by atoms with Gasteiger partial charge in [-0.25, -0.2) is 4.79 Å². The Balaban J connectivity index is 1.37. The average molecular weight is 416 g/mol. The van der Waals surface area contributed by atoms with Gasteiger partial charge in [0.05, 0.1) is 12.7 Å². The van der Waals surface area contributed by atoms with Crippen molar-refractivity contribution in [3.63, 3.8) is 0 Å². The number of benzene rings is 3. The van der Waals surface area contributed by atoms with Crippen molar-refractivity contribution >= 4 is 11.8 Å². The van der Waals surface area contributed by atoms with E-state index in [-0.39, 0.29) is 12.4 Å². The van der Waals surface area contributed by atoms with Gasteiger partial charge in [0.15, 0.2) is 23.9 Å². The number of Topliss-reactive ketones (excluding diaryl/α,β-unsaturated/α-hetero) is 1. The SMILES string of the molecule is COc1cc(C(=O)OCC(=O)c2ccc3c(c2)CCC3)ccc1OCc1ccccc1. The zero-order valence-electron chi connectivity index (χ0n) is 17.4. The molecule has 0 atom stereocenters. The Kier molecular flexibility index (Phi) is 6.32. The van der Waals surface area contributed by atoms with E-state index in [1.807, 2.05) is 48.5 Å². The normalized spacial score (nSPS) is 12.2. The molecule has 0 heterocycles. The molecule has 5 nitrogen and oxygen atoms in total. The number of methoxy groups -OCH3 is 1. The molecule has 0 aromatic heterocycles. The molecule has 0 aliphatic heterocycles. The monoisotopic (exact) mass is 416 g/mol. The lowest BCUT2D eigenvalue weighted by molar-refractivity contribution is 0.0474. The zero-order valence-corrected chi connectivity index (χ0v) is 17.4. The highest BCUT2D eigenvalue weighted by Gasteiger charge is 2.17. The van der Waals surface area contributed by atoms with Gasteiger partial charge in [0.25, 0.3) is 0 Å². The summed E-state index contributed by atoms with van der Waals surface area (Å²) < 4.78 is 16.4. The second-order valence-electron chi connectivity index (χ2n) is 7.48. The summed E-state index contributed by atoms with van der Waals surface area (Å²) in [6.07, 6.45) is 3.18. The first kappa shape index (κ1) is 20.7. The van der Waals surface area contributed by atoms with Crippen molar-refractivity contribution < 1.29 is 23.8 Å². The Hall–Kier alpha value is -3.60. The van der Waals surface area contributed by atoms with E-state index in [9.17, 15) is 9.59 Å². The smallest absolute Gasteiger partial charge is 0.338 e. The Morgan fingerprint density at radius 2 is 1.61 bits per heavy atom. The van der Waals surface area contributed by atoms with Crippen LogP contribution in [0.4, 0.5) is 0 Å². The highest BCUT2D eigenvalue weighted by atomic mass is 16.5. The highest BCUT2D eigenvalue weighted by Crippen LogP contribution is 2.29. The fraction of sp³-hybridized carbons (Fsp3) is 0.231. The van der Waals surface area contributed by atoms with Crippen LogP contribution in [0.15, 0.2) is 66.7 Å². The molecule has 1 aliphatic carbocycles. The molecule has 3 aromatic carbocycles.